The molecule has 9 heteroatoms. The summed E-state index contributed by atoms with van der Waals surface area (Å²) >= 11 is 0. The number of fused-ring (bicyclic) bond motifs is 3. The minimum Gasteiger partial charge on any atom is -0.381 e. The molecule has 0 unspecified atom stereocenters. The Labute approximate surface area is 189 Å². The first kappa shape index (κ1) is 21.7. The largest absolute Gasteiger partial charge is 0.381 e. The van der Waals surface area contributed by atoms with Gasteiger partial charge in [-0.3, -0.25) is 4.90 Å². The van der Waals surface area contributed by atoms with E-state index >= 15 is 0 Å². The summed E-state index contributed by atoms with van der Waals surface area (Å²) in [5.41, 5.74) is 3.40. The number of carbonyl (C=O) groups is 1. The van der Waals surface area contributed by atoms with Gasteiger partial charge < -0.3 is 15.0 Å². The third kappa shape index (κ3) is 3.91. The van der Waals surface area contributed by atoms with Crippen molar-refractivity contribution in [1.29, 1.82) is 0 Å². The lowest BCUT2D eigenvalue weighted by Crippen LogP contribution is -2.42. The molecule has 2 fully saturated rings. The van der Waals surface area contributed by atoms with Gasteiger partial charge >= 0.3 is 6.03 Å². The number of amides is 2. The molecule has 4 heterocycles. The number of urea groups is 1. The summed E-state index contributed by atoms with van der Waals surface area (Å²) in [6.07, 6.45) is 4.81. The van der Waals surface area contributed by atoms with Crippen molar-refractivity contribution in [1.82, 2.24) is 13.8 Å². The van der Waals surface area contributed by atoms with E-state index in [-0.39, 0.29) is 11.8 Å². The number of aromatic nitrogens is 1. The maximum atomic E-state index is 13.0. The van der Waals surface area contributed by atoms with E-state index < -0.39 is 10.0 Å². The molecule has 8 nitrogen and oxygen atoms in total. The second-order valence-electron chi connectivity index (χ2n) is 9.01. The van der Waals surface area contributed by atoms with E-state index in [1.807, 2.05) is 23.1 Å². The number of benzene rings is 1. The number of carbonyl (C=O) groups excluding carboxylic acids is 1. The standard InChI is InChI=1S/C23H32N4O4S/c1-2-32(29,30)27-21-6-5-17(24-23(28)25-10-3-4-11-25)15-19(21)20-16-26(12-7-22(20)27)18-8-13-31-14-9-18/h5-6,15,18H,2-4,7-14,16H2,1H3,(H,24,28). The van der Waals surface area contributed by atoms with Gasteiger partial charge in [0, 0.05) is 68.6 Å². The Bertz CT molecular complexity index is 1110. The van der Waals surface area contributed by atoms with Gasteiger partial charge in [-0.05, 0) is 56.4 Å². The summed E-state index contributed by atoms with van der Waals surface area (Å²) in [5.74, 6) is 0.0559. The molecule has 2 aromatic rings. The average molecular weight is 461 g/mol. The van der Waals surface area contributed by atoms with Crippen LogP contribution in [0.15, 0.2) is 18.2 Å². The highest BCUT2D eigenvalue weighted by Crippen LogP contribution is 2.35. The average Bonchev–Trinajstić information content (AvgIpc) is 3.46. The van der Waals surface area contributed by atoms with Gasteiger partial charge in [0.25, 0.3) is 0 Å². The van der Waals surface area contributed by atoms with Crippen LogP contribution in [-0.4, -0.2) is 72.9 Å². The van der Waals surface area contributed by atoms with Gasteiger partial charge in [0.2, 0.25) is 10.0 Å². The molecule has 0 atom stereocenters. The molecule has 1 aromatic heterocycles. The third-order valence-electron chi connectivity index (χ3n) is 7.13. The van der Waals surface area contributed by atoms with E-state index in [0.717, 1.165) is 81.7 Å². The van der Waals surface area contributed by atoms with Crippen molar-refractivity contribution in [2.45, 2.75) is 51.6 Å². The van der Waals surface area contributed by atoms with E-state index in [9.17, 15) is 13.2 Å². The normalized spacial score (nSPS) is 20.6. The minimum atomic E-state index is -3.43. The van der Waals surface area contributed by atoms with E-state index in [1.54, 1.807) is 10.9 Å². The molecule has 32 heavy (non-hydrogen) atoms. The maximum absolute atomic E-state index is 13.0. The number of rotatable bonds is 4. The predicted molar refractivity (Wildman–Crippen MR) is 125 cm³/mol. The fraction of sp³-hybridized carbons (Fsp3) is 0.609. The SMILES string of the molecule is CCS(=O)(=O)n1c2c(c3cc(NC(=O)N4CCCC4)ccc31)CN(C1CCOCC1)CC2. The summed E-state index contributed by atoms with van der Waals surface area (Å²) in [6, 6.07) is 6.01. The van der Waals surface area contributed by atoms with Gasteiger partial charge in [0.1, 0.15) is 0 Å². The van der Waals surface area contributed by atoms with Gasteiger partial charge in [-0.15, -0.1) is 0 Å². The van der Waals surface area contributed by atoms with Gasteiger partial charge in [-0.25, -0.2) is 17.2 Å². The highest BCUT2D eigenvalue weighted by atomic mass is 32.2. The molecule has 5 rings (SSSR count). The summed E-state index contributed by atoms with van der Waals surface area (Å²) in [4.78, 5) is 16.9. The Hall–Kier alpha value is -2.10. The maximum Gasteiger partial charge on any atom is 0.321 e. The molecule has 174 valence electrons. The quantitative estimate of drug-likeness (QED) is 0.758. The van der Waals surface area contributed by atoms with Crippen molar-refractivity contribution < 1.29 is 17.9 Å². The van der Waals surface area contributed by atoms with E-state index in [4.69, 9.17) is 4.74 Å². The van der Waals surface area contributed by atoms with Crippen LogP contribution < -0.4 is 5.32 Å². The Morgan fingerprint density at radius 1 is 1.16 bits per heavy atom. The Morgan fingerprint density at radius 2 is 1.91 bits per heavy atom. The molecule has 1 N–H and O–H groups in total. The molecular formula is C23H32N4O4S. The number of anilines is 1. The lowest BCUT2D eigenvalue weighted by atomic mass is 9.99. The Balaban J connectivity index is 1.53. The zero-order chi connectivity index (χ0) is 22.3. The van der Waals surface area contributed by atoms with Crippen molar-refractivity contribution in [3.63, 3.8) is 0 Å². The summed E-state index contributed by atoms with van der Waals surface area (Å²) in [6.45, 7) is 6.41. The number of likely N-dealkylation sites (tertiary alicyclic amines) is 1. The number of nitrogens with zero attached hydrogens (tertiary/aromatic N) is 3. The molecule has 0 aliphatic carbocycles. The van der Waals surface area contributed by atoms with Crippen LogP contribution >= 0.6 is 0 Å². The first-order valence-electron chi connectivity index (χ1n) is 11.7. The lowest BCUT2D eigenvalue weighted by Gasteiger charge is -2.37. The number of nitrogens with one attached hydrogen (secondary N) is 1. The molecule has 0 saturated carbocycles. The topological polar surface area (TPSA) is 83.9 Å². The molecule has 1 aromatic carbocycles. The second-order valence-corrected chi connectivity index (χ2v) is 11.1. The fourth-order valence-electron chi connectivity index (χ4n) is 5.35. The van der Waals surface area contributed by atoms with Crippen molar-refractivity contribution in [3.8, 4) is 0 Å². The molecule has 3 aliphatic rings. The molecule has 0 spiro atoms. The molecule has 0 bridgehead atoms. The Kier molecular flexibility index (Phi) is 5.90. The Morgan fingerprint density at radius 3 is 2.62 bits per heavy atom. The van der Waals surface area contributed by atoms with Crippen LogP contribution in [0.4, 0.5) is 10.5 Å². The molecule has 0 radical (unpaired) electrons. The smallest absolute Gasteiger partial charge is 0.321 e. The zero-order valence-electron chi connectivity index (χ0n) is 18.7. The number of ether oxygens (including phenoxy) is 1. The highest BCUT2D eigenvalue weighted by Gasteiger charge is 2.32. The highest BCUT2D eigenvalue weighted by molar-refractivity contribution is 7.90. The van der Waals surface area contributed by atoms with Gasteiger partial charge in [-0.2, -0.15) is 0 Å². The third-order valence-corrected chi connectivity index (χ3v) is 8.83. The summed E-state index contributed by atoms with van der Waals surface area (Å²) in [7, 11) is -3.43. The van der Waals surface area contributed by atoms with Crippen molar-refractivity contribution >= 4 is 32.6 Å². The fourth-order valence-corrected chi connectivity index (χ4v) is 6.60. The van der Waals surface area contributed by atoms with Gasteiger partial charge in [-0.1, -0.05) is 0 Å². The van der Waals surface area contributed by atoms with Crippen LogP contribution in [0.5, 0.6) is 0 Å². The number of hydrogen-bond donors (Lipinski definition) is 1. The predicted octanol–water partition coefficient (Wildman–Crippen LogP) is 3.00. The van der Waals surface area contributed by atoms with Crippen LogP contribution in [0.2, 0.25) is 0 Å². The molecule has 3 aliphatic heterocycles. The van der Waals surface area contributed by atoms with Crippen LogP contribution in [0.25, 0.3) is 10.9 Å². The first-order chi connectivity index (χ1) is 15.5. The van der Waals surface area contributed by atoms with E-state index in [0.29, 0.717) is 23.7 Å². The van der Waals surface area contributed by atoms with Crippen molar-refractivity contribution in [3.05, 3.63) is 29.5 Å². The van der Waals surface area contributed by atoms with Crippen molar-refractivity contribution in [2.24, 2.45) is 0 Å². The van der Waals surface area contributed by atoms with Crippen LogP contribution in [0, 0.1) is 0 Å². The van der Waals surface area contributed by atoms with Crippen molar-refractivity contribution in [2.75, 3.05) is 43.9 Å². The first-order valence-corrected chi connectivity index (χ1v) is 13.4. The summed E-state index contributed by atoms with van der Waals surface area (Å²) in [5, 5.41) is 3.94. The molecular weight excluding hydrogens is 428 g/mol. The monoisotopic (exact) mass is 460 g/mol. The van der Waals surface area contributed by atoms with Crippen LogP contribution in [0.1, 0.15) is 43.9 Å². The molecule has 2 saturated heterocycles. The van der Waals surface area contributed by atoms with Crippen LogP contribution in [0.3, 0.4) is 0 Å². The number of hydrogen-bond acceptors (Lipinski definition) is 5. The van der Waals surface area contributed by atoms with Crippen LogP contribution in [-0.2, 0) is 27.7 Å². The molecule has 2 amide bonds. The minimum absolute atomic E-state index is 0.0559. The zero-order valence-corrected chi connectivity index (χ0v) is 19.5. The van der Waals surface area contributed by atoms with E-state index in [2.05, 4.69) is 10.2 Å². The second kappa shape index (κ2) is 8.68. The summed E-state index contributed by atoms with van der Waals surface area (Å²) < 4.78 is 33.1. The lowest BCUT2D eigenvalue weighted by molar-refractivity contribution is 0.0291. The van der Waals surface area contributed by atoms with Gasteiger partial charge in [0.15, 0.2) is 0 Å². The van der Waals surface area contributed by atoms with E-state index in [1.165, 1.54) is 0 Å². The van der Waals surface area contributed by atoms with Gasteiger partial charge in [0.05, 0.1) is 11.3 Å².